The quantitative estimate of drug-likeness (QED) is 0.331. The van der Waals surface area contributed by atoms with Crippen LogP contribution in [-0.2, 0) is 14.8 Å². The number of hydrogen-bond donors (Lipinski definition) is 2. The zero-order valence-electron chi connectivity index (χ0n) is 27.4. The molecule has 0 aromatic heterocycles. The Bertz CT molecular complexity index is 1470. The van der Waals surface area contributed by atoms with E-state index in [9.17, 15) is 18.3 Å². The fourth-order valence-electron chi connectivity index (χ4n) is 12.1. The minimum absolute atomic E-state index is 0.108. The van der Waals surface area contributed by atoms with E-state index in [0.717, 1.165) is 43.2 Å². The van der Waals surface area contributed by atoms with Gasteiger partial charge in [-0.25, -0.2) is 13.1 Å². The lowest BCUT2D eigenvalue weighted by Gasteiger charge is -2.60. The van der Waals surface area contributed by atoms with Crippen LogP contribution in [0.5, 0.6) is 0 Å². The average Bonchev–Trinajstić information content (AvgIpc) is 3.09. The van der Waals surface area contributed by atoms with E-state index in [-0.39, 0.29) is 22.2 Å². The lowest BCUT2D eigenvalue weighted by molar-refractivity contribution is -0.177. The Morgan fingerprint density at radius 3 is 2.21 bits per heavy atom. The van der Waals surface area contributed by atoms with Crippen LogP contribution in [0.1, 0.15) is 98.5 Å². The molecule has 5 aliphatic rings. The number of benzene rings is 1. The van der Waals surface area contributed by atoms with Crippen molar-refractivity contribution in [2.75, 3.05) is 7.05 Å². The molecule has 9 atom stereocenters. The highest BCUT2D eigenvalue weighted by Crippen LogP contribution is 2.81. The lowest BCUT2D eigenvalue weighted by atomic mass is 9.43. The second-order valence-corrected chi connectivity index (χ2v) is 18.1. The van der Waals surface area contributed by atoms with Gasteiger partial charge in [-0.2, -0.15) is 0 Å². The summed E-state index contributed by atoms with van der Waals surface area (Å²) in [7, 11) is -2.01. The highest BCUT2D eigenvalue weighted by atomic mass is 32.2. The standard InChI is InChI=1S/C37H53NO4S/c1-22(2)36(7)32-31-17-16-28-27-14-12-24(23-10-9-11-26(21-23)43(41,42)38-8)20-25(27)13-15-29(28)30(31)18-19-37(32,33(39)40)35(5,6)34(36,3)4/h9-12,21,25,27-32,38H,1,13-20H2,2-8H3,(H,39,40). The highest BCUT2D eigenvalue weighted by Gasteiger charge is 2.79. The molecule has 4 saturated carbocycles. The number of allylic oxidation sites excluding steroid dienone is 3. The Morgan fingerprint density at radius 1 is 0.930 bits per heavy atom. The number of carbonyl (C=O) groups is 1. The Balaban J connectivity index is 1.30. The third kappa shape index (κ3) is 3.96. The summed E-state index contributed by atoms with van der Waals surface area (Å²) in [6.07, 6.45) is 11.1. The Labute approximate surface area is 260 Å². The molecule has 1 aromatic rings. The summed E-state index contributed by atoms with van der Waals surface area (Å²) in [5.41, 5.74) is 1.97. The zero-order chi connectivity index (χ0) is 31.3. The molecule has 0 amide bonds. The molecule has 5 nitrogen and oxygen atoms in total. The second kappa shape index (κ2) is 10.0. The number of hydrogen-bond acceptors (Lipinski definition) is 3. The van der Waals surface area contributed by atoms with Gasteiger partial charge in [0.1, 0.15) is 0 Å². The van der Waals surface area contributed by atoms with E-state index < -0.39 is 21.4 Å². The zero-order valence-corrected chi connectivity index (χ0v) is 28.2. The molecule has 4 fully saturated rings. The highest BCUT2D eigenvalue weighted by molar-refractivity contribution is 7.89. The fraction of sp³-hybridized carbons (Fsp3) is 0.703. The van der Waals surface area contributed by atoms with Crippen LogP contribution in [0.25, 0.3) is 5.57 Å². The van der Waals surface area contributed by atoms with Crippen molar-refractivity contribution in [3.63, 3.8) is 0 Å². The van der Waals surface area contributed by atoms with Crippen LogP contribution in [0.3, 0.4) is 0 Å². The van der Waals surface area contributed by atoms with Crippen LogP contribution >= 0.6 is 0 Å². The van der Waals surface area contributed by atoms with Crippen molar-refractivity contribution in [2.24, 2.45) is 63.1 Å². The third-order valence-electron chi connectivity index (χ3n) is 15.1. The molecule has 0 saturated heterocycles. The maximum absolute atomic E-state index is 13.5. The molecule has 6 heteroatoms. The molecule has 9 unspecified atom stereocenters. The third-order valence-corrected chi connectivity index (χ3v) is 16.5. The molecule has 0 heterocycles. The van der Waals surface area contributed by atoms with Gasteiger partial charge in [-0.3, -0.25) is 4.79 Å². The Morgan fingerprint density at radius 2 is 1.56 bits per heavy atom. The van der Waals surface area contributed by atoms with Crippen LogP contribution in [0, 0.1) is 63.1 Å². The molecule has 43 heavy (non-hydrogen) atoms. The molecule has 0 aliphatic heterocycles. The first-order valence-electron chi connectivity index (χ1n) is 16.7. The number of aliphatic carboxylic acids is 1. The minimum Gasteiger partial charge on any atom is -0.481 e. The van der Waals surface area contributed by atoms with Crippen molar-refractivity contribution in [3.05, 3.63) is 48.1 Å². The van der Waals surface area contributed by atoms with Crippen LogP contribution in [0.2, 0.25) is 0 Å². The van der Waals surface area contributed by atoms with E-state index >= 15 is 0 Å². The van der Waals surface area contributed by atoms with Gasteiger partial charge in [-0.1, -0.05) is 65.0 Å². The van der Waals surface area contributed by atoms with E-state index in [1.54, 1.807) is 6.07 Å². The first-order chi connectivity index (χ1) is 20.1. The maximum Gasteiger partial charge on any atom is 0.310 e. The monoisotopic (exact) mass is 607 g/mol. The van der Waals surface area contributed by atoms with Crippen molar-refractivity contribution in [1.29, 1.82) is 0 Å². The van der Waals surface area contributed by atoms with E-state index in [2.05, 4.69) is 65.0 Å². The summed E-state index contributed by atoms with van der Waals surface area (Å²) < 4.78 is 27.3. The fourth-order valence-corrected chi connectivity index (χ4v) is 12.9. The molecular weight excluding hydrogens is 554 g/mol. The largest absolute Gasteiger partial charge is 0.481 e. The van der Waals surface area contributed by atoms with Crippen molar-refractivity contribution in [3.8, 4) is 0 Å². The van der Waals surface area contributed by atoms with Crippen molar-refractivity contribution in [2.45, 2.75) is 97.8 Å². The molecule has 2 N–H and O–H groups in total. The molecular formula is C37H53NO4S. The number of nitrogens with one attached hydrogen (secondary N) is 1. The number of rotatable bonds is 5. The van der Waals surface area contributed by atoms with E-state index in [1.807, 2.05) is 12.1 Å². The Kier molecular flexibility index (Phi) is 7.26. The van der Waals surface area contributed by atoms with Crippen LogP contribution in [0.15, 0.2) is 47.4 Å². The molecule has 0 bridgehead atoms. The van der Waals surface area contributed by atoms with Crippen LogP contribution < -0.4 is 4.72 Å². The van der Waals surface area contributed by atoms with Gasteiger partial charge in [0.2, 0.25) is 10.0 Å². The summed E-state index contributed by atoms with van der Waals surface area (Å²) in [6, 6.07) is 7.40. The second-order valence-electron chi connectivity index (χ2n) is 16.2. The minimum atomic E-state index is -3.47. The number of sulfonamides is 1. The molecule has 236 valence electrons. The molecule has 5 aliphatic carbocycles. The smallest absolute Gasteiger partial charge is 0.310 e. The molecule has 6 rings (SSSR count). The van der Waals surface area contributed by atoms with Crippen molar-refractivity contribution < 1.29 is 18.3 Å². The van der Waals surface area contributed by atoms with Crippen LogP contribution in [0.4, 0.5) is 0 Å². The molecule has 1 aromatic carbocycles. The number of carboxylic acids is 1. The van der Waals surface area contributed by atoms with Crippen LogP contribution in [-0.4, -0.2) is 26.5 Å². The first-order valence-corrected chi connectivity index (χ1v) is 18.2. The van der Waals surface area contributed by atoms with Gasteiger partial charge in [0.05, 0.1) is 10.3 Å². The average molecular weight is 608 g/mol. The predicted molar refractivity (Wildman–Crippen MR) is 173 cm³/mol. The Hall–Kier alpha value is -1.92. The van der Waals surface area contributed by atoms with E-state index in [4.69, 9.17) is 0 Å². The summed E-state index contributed by atoms with van der Waals surface area (Å²) in [5.74, 6) is 3.22. The van der Waals surface area contributed by atoms with Gasteiger partial charge < -0.3 is 5.11 Å². The van der Waals surface area contributed by atoms with Gasteiger partial charge >= 0.3 is 5.97 Å². The van der Waals surface area contributed by atoms with Crippen molar-refractivity contribution in [1.82, 2.24) is 4.72 Å². The predicted octanol–water partition coefficient (Wildman–Crippen LogP) is 8.19. The topological polar surface area (TPSA) is 83.5 Å². The summed E-state index contributed by atoms with van der Waals surface area (Å²) in [5, 5.41) is 11.1. The summed E-state index contributed by atoms with van der Waals surface area (Å²) in [6.45, 7) is 18.2. The van der Waals surface area contributed by atoms with Gasteiger partial charge in [0, 0.05) is 0 Å². The SMILES string of the molecule is C=C(C)C1(C)C2C3CCC4C5CC=C(c6cccc(S(=O)(=O)NC)c6)CC5CCC4C3CCC2(C(=O)O)C(C)(C)C1(C)C. The maximum atomic E-state index is 13.5. The normalized spacial score (nSPS) is 41.2. The van der Waals surface area contributed by atoms with Gasteiger partial charge in [0.15, 0.2) is 0 Å². The molecule has 0 spiro atoms. The number of carboxylic acid groups (broad SMARTS) is 1. The summed E-state index contributed by atoms with van der Waals surface area (Å²) >= 11 is 0. The molecule has 0 radical (unpaired) electrons. The van der Waals surface area contributed by atoms with Gasteiger partial charge in [-0.05, 0) is 146 Å². The lowest BCUT2D eigenvalue weighted by Crippen LogP contribution is -2.57. The van der Waals surface area contributed by atoms with E-state index in [0.29, 0.717) is 40.4 Å². The summed E-state index contributed by atoms with van der Waals surface area (Å²) in [4.78, 5) is 13.8. The first kappa shape index (κ1) is 31.1. The van der Waals surface area contributed by atoms with E-state index in [1.165, 1.54) is 31.9 Å². The van der Waals surface area contributed by atoms with Gasteiger partial charge in [0.25, 0.3) is 0 Å². The number of fused-ring (bicyclic) bond motifs is 7. The van der Waals surface area contributed by atoms with Gasteiger partial charge in [-0.15, -0.1) is 0 Å². The van der Waals surface area contributed by atoms with Crippen molar-refractivity contribution >= 4 is 21.6 Å².